The van der Waals surface area contributed by atoms with Gasteiger partial charge in [0.2, 0.25) is 11.9 Å². The highest BCUT2D eigenvalue weighted by Crippen LogP contribution is 2.31. The molecule has 28 heavy (non-hydrogen) atoms. The summed E-state index contributed by atoms with van der Waals surface area (Å²) in [5, 5.41) is 3.05. The van der Waals surface area contributed by atoms with Gasteiger partial charge in [0, 0.05) is 12.7 Å². The Bertz CT molecular complexity index is 1140. The number of fused-ring (bicyclic) bond motifs is 2. The molecule has 2 aromatic carbocycles. The number of hydrogen-bond donors (Lipinski definition) is 2. The van der Waals surface area contributed by atoms with Crippen molar-refractivity contribution >= 4 is 39.5 Å². The smallest absolute Gasteiger partial charge is 0.227 e. The number of rotatable bonds is 5. The molecule has 2 heterocycles. The number of nitrogens with two attached hydrogens (primary N) is 2. The van der Waals surface area contributed by atoms with E-state index in [2.05, 4.69) is 81.1 Å². The van der Waals surface area contributed by atoms with Gasteiger partial charge < -0.3 is 16.4 Å². The first-order valence-electron chi connectivity index (χ1n) is 9.38. The Morgan fingerprint density at radius 2 is 1.75 bits per heavy atom. The van der Waals surface area contributed by atoms with Crippen LogP contribution >= 0.6 is 0 Å². The van der Waals surface area contributed by atoms with Crippen LogP contribution in [0.4, 0.5) is 17.7 Å². The zero-order valence-corrected chi connectivity index (χ0v) is 16.0. The monoisotopic (exact) mass is 373 g/mol. The molecular formula is C21H23N7. The molecule has 4 rings (SSSR count). The van der Waals surface area contributed by atoms with Crippen LogP contribution in [-0.2, 0) is 0 Å². The lowest BCUT2D eigenvalue weighted by atomic mass is 9.98. The van der Waals surface area contributed by atoms with E-state index in [1.807, 2.05) is 0 Å². The molecule has 0 fully saturated rings. The van der Waals surface area contributed by atoms with E-state index in [4.69, 9.17) is 11.5 Å². The molecule has 0 bridgehead atoms. The number of nitrogens with zero attached hydrogens (tertiary/aromatic N) is 5. The summed E-state index contributed by atoms with van der Waals surface area (Å²) in [5.41, 5.74) is 13.4. The molecule has 0 aliphatic heterocycles. The van der Waals surface area contributed by atoms with Crippen LogP contribution in [0.5, 0.6) is 0 Å². The van der Waals surface area contributed by atoms with E-state index in [1.54, 1.807) is 6.20 Å². The SMILES string of the molecule is CCCN(c1ncc2c(N)nc(N)nc2n1)C(C)c1cccc2ccccc12. The Morgan fingerprint density at radius 1 is 0.964 bits per heavy atom. The molecule has 1 unspecified atom stereocenters. The minimum atomic E-state index is 0.0834. The molecule has 4 N–H and O–H groups in total. The van der Waals surface area contributed by atoms with Crippen molar-refractivity contribution in [2.45, 2.75) is 26.3 Å². The fourth-order valence-electron chi connectivity index (χ4n) is 3.58. The third kappa shape index (κ3) is 3.15. The minimum absolute atomic E-state index is 0.0834. The molecule has 0 amide bonds. The number of nitrogen functional groups attached to an aromatic ring is 2. The average Bonchev–Trinajstić information content (AvgIpc) is 2.70. The van der Waals surface area contributed by atoms with Crippen molar-refractivity contribution in [3.05, 3.63) is 54.2 Å². The summed E-state index contributed by atoms with van der Waals surface area (Å²) < 4.78 is 0. The van der Waals surface area contributed by atoms with Gasteiger partial charge in [-0.05, 0) is 29.7 Å². The summed E-state index contributed by atoms with van der Waals surface area (Å²) in [6.07, 6.45) is 2.63. The van der Waals surface area contributed by atoms with Gasteiger partial charge in [-0.1, -0.05) is 49.4 Å². The highest BCUT2D eigenvalue weighted by Gasteiger charge is 2.21. The predicted molar refractivity (Wildman–Crippen MR) is 114 cm³/mol. The second kappa shape index (κ2) is 7.26. The van der Waals surface area contributed by atoms with Gasteiger partial charge in [0.05, 0.1) is 11.4 Å². The van der Waals surface area contributed by atoms with E-state index < -0.39 is 0 Å². The number of hydrogen-bond acceptors (Lipinski definition) is 7. The Balaban J connectivity index is 1.81. The maximum Gasteiger partial charge on any atom is 0.227 e. The van der Waals surface area contributed by atoms with Crippen molar-refractivity contribution in [2.24, 2.45) is 0 Å². The van der Waals surface area contributed by atoms with Crippen LogP contribution in [0.15, 0.2) is 48.7 Å². The summed E-state index contributed by atoms with van der Waals surface area (Å²) in [6.45, 7) is 5.13. The number of aromatic nitrogens is 4. The summed E-state index contributed by atoms with van der Waals surface area (Å²) in [6, 6.07) is 14.9. The lowest BCUT2D eigenvalue weighted by molar-refractivity contribution is 0.644. The third-order valence-corrected chi connectivity index (χ3v) is 4.95. The lowest BCUT2D eigenvalue weighted by Gasteiger charge is -2.30. The fourth-order valence-corrected chi connectivity index (χ4v) is 3.58. The van der Waals surface area contributed by atoms with Gasteiger partial charge in [0.1, 0.15) is 5.82 Å². The van der Waals surface area contributed by atoms with Crippen molar-refractivity contribution in [3.8, 4) is 0 Å². The standard InChI is InChI=1S/C21H23N7/c1-3-11-28(13(2)15-10-6-8-14-7-4-5-9-16(14)15)21-24-12-17-18(22)25-20(23)26-19(17)27-21/h4-10,12-13H,3,11H2,1-2H3,(H4,22,23,24,25,26,27). The quantitative estimate of drug-likeness (QED) is 0.549. The average molecular weight is 373 g/mol. The first kappa shape index (κ1) is 17.9. The lowest BCUT2D eigenvalue weighted by Crippen LogP contribution is -2.29. The summed E-state index contributed by atoms with van der Waals surface area (Å²) >= 11 is 0. The van der Waals surface area contributed by atoms with Crippen LogP contribution in [0.3, 0.4) is 0 Å². The van der Waals surface area contributed by atoms with E-state index >= 15 is 0 Å². The van der Waals surface area contributed by atoms with Crippen molar-refractivity contribution in [3.63, 3.8) is 0 Å². The van der Waals surface area contributed by atoms with E-state index in [-0.39, 0.29) is 17.8 Å². The van der Waals surface area contributed by atoms with Crippen molar-refractivity contribution in [2.75, 3.05) is 22.9 Å². The summed E-state index contributed by atoms with van der Waals surface area (Å²) in [7, 11) is 0. The van der Waals surface area contributed by atoms with Gasteiger partial charge in [-0.2, -0.15) is 15.0 Å². The first-order chi connectivity index (χ1) is 13.6. The van der Waals surface area contributed by atoms with Crippen LogP contribution in [0.1, 0.15) is 31.9 Å². The molecule has 0 spiro atoms. The Morgan fingerprint density at radius 3 is 2.57 bits per heavy atom. The molecule has 0 saturated carbocycles. The first-order valence-corrected chi connectivity index (χ1v) is 9.38. The van der Waals surface area contributed by atoms with E-state index in [1.165, 1.54) is 16.3 Å². The van der Waals surface area contributed by atoms with Crippen LogP contribution in [0.25, 0.3) is 21.8 Å². The molecule has 0 aliphatic carbocycles. The molecule has 2 aromatic heterocycles. The third-order valence-electron chi connectivity index (χ3n) is 4.95. The number of benzene rings is 2. The van der Waals surface area contributed by atoms with Crippen LogP contribution in [-0.4, -0.2) is 26.5 Å². The van der Waals surface area contributed by atoms with Gasteiger partial charge in [-0.25, -0.2) is 4.98 Å². The summed E-state index contributed by atoms with van der Waals surface area (Å²) in [4.78, 5) is 19.6. The molecule has 1 atom stereocenters. The highest BCUT2D eigenvalue weighted by molar-refractivity contribution is 5.87. The molecule has 0 radical (unpaired) electrons. The summed E-state index contributed by atoms with van der Waals surface area (Å²) in [5.74, 6) is 1.00. The zero-order valence-electron chi connectivity index (χ0n) is 16.0. The number of anilines is 3. The minimum Gasteiger partial charge on any atom is -0.383 e. The van der Waals surface area contributed by atoms with Crippen molar-refractivity contribution in [1.82, 2.24) is 19.9 Å². The van der Waals surface area contributed by atoms with Gasteiger partial charge >= 0.3 is 0 Å². The zero-order chi connectivity index (χ0) is 19.7. The molecular weight excluding hydrogens is 350 g/mol. The van der Waals surface area contributed by atoms with Crippen LogP contribution < -0.4 is 16.4 Å². The van der Waals surface area contributed by atoms with E-state index in [0.717, 1.165) is 13.0 Å². The van der Waals surface area contributed by atoms with E-state index in [0.29, 0.717) is 17.0 Å². The van der Waals surface area contributed by atoms with E-state index in [9.17, 15) is 0 Å². The Kier molecular flexibility index (Phi) is 4.65. The Hall–Kier alpha value is -3.48. The van der Waals surface area contributed by atoms with Crippen molar-refractivity contribution in [1.29, 1.82) is 0 Å². The topological polar surface area (TPSA) is 107 Å². The predicted octanol–water partition coefficient (Wildman–Crippen LogP) is 3.72. The maximum atomic E-state index is 5.93. The van der Waals surface area contributed by atoms with Gasteiger partial charge in [0.15, 0.2) is 5.65 Å². The largest absolute Gasteiger partial charge is 0.383 e. The highest BCUT2D eigenvalue weighted by atomic mass is 15.3. The molecule has 0 aliphatic rings. The molecule has 7 heteroatoms. The second-order valence-corrected chi connectivity index (χ2v) is 6.81. The Labute approximate surface area is 163 Å². The normalized spacial score (nSPS) is 12.4. The van der Waals surface area contributed by atoms with Gasteiger partial charge in [-0.3, -0.25) is 0 Å². The second-order valence-electron chi connectivity index (χ2n) is 6.81. The maximum absolute atomic E-state index is 5.93. The molecule has 0 saturated heterocycles. The molecule has 142 valence electrons. The molecule has 7 nitrogen and oxygen atoms in total. The molecule has 4 aromatic rings. The van der Waals surface area contributed by atoms with Gasteiger partial charge in [-0.15, -0.1) is 0 Å². The van der Waals surface area contributed by atoms with Crippen molar-refractivity contribution < 1.29 is 0 Å². The van der Waals surface area contributed by atoms with Crippen LogP contribution in [0.2, 0.25) is 0 Å². The fraction of sp³-hybridized carbons (Fsp3) is 0.238. The van der Waals surface area contributed by atoms with Gasteiger partial charge in [0.25, 0.3) is 0 Å². The van der Waals surface area contributed by atoms with Crippen LogP contribution in [0, 0.1) is 0 Å².